The van der Waals surface area contributed by atoms with Crippen LogP contribution < -0.4 is 0 Å². The smallest absolute Gasteiger partial charge is 0.306 e. The van der Waals surface area contributed by atoms with Gasteiger partial charge in [0, 0.05) is 25.9 Å². The van der Waals surface area contributed by atoms with Gasteiger partial charge < -0.3 is 9.64 Å². The van der Waals surface area contributed by atoms with Crippen molar-refractivity contribution in [3.8, 4) is 0 Å². The van der Waals surface area contributed by atoms with Crippen molar-refractivity contribution in [2.45, 2.75) is 64.9 Å². The minimum absolute atomic E-state index is 0.179. The maximum atomic E-state index is 11.8. The van der Waals surface area contributed by atoms with Gasteiger partial charge in [-0.3, -0.25) is 9.59 Å². The quantitative estimate of drug-likeness (QED) is 0.625. The van der Waals surface area contributed by atoms with Gasteiger partial charge in [0.15, 0.2) is 0 Å². The van der Waals surface area contributed by atoms with Gasteiger partial charge >= 0.3 is 5.97 Å². The predicted molar refractivity (Wildman–Crippen MR) is 107 cm³/mol. The molecule has 1 aromatic rings. The van der Waals surface area contributed by atoms with Crippen LogP contribution in [0.5, 0.6) is 0 Å². The van der Waals surface area contributed by atoms with Crippen molar-refractivity contribution >= 4 is 35.1 Å². The summed E-state index contributed by atoms with van der Waals surface area (Å²) < 4.78 is 5.20. The Morgan fingerprint density at radius 3 is 2.00 bits per heavy atom. The number of piperidine rings is 1. The molecule has 1 amide bonds. The van der Waals surface area contributed by atoms with Gasteiger partial charge in [-0.15, -0.1) is 0 Å². The molecule has 0 aromatic heterocycles. The first-order chi connectivity index (χ1) is 12.2. The number of benzene rings is 1. The van der Waals surface area contributed by atoms with Crippen LogP contribution in [0.4, 0.5) is 0 Å². The number of nitrogens with zero attached hydrogens (tertiary/aromatic N) is 1. The Morgan fingerprint density at radius 2 is 1.54 bits per heavy atom. The molecule has 0 aliphatic carbocycles. The van der Waals surface area contributed by atoms with Crippen molar-refractivity contribution in [3.63, 3.8) is 0 Å². The normalized spacial score (nSPS) is 14.3. The van der Waals surface area contributed by atoms with Crippen LogP contribution in [0.25, 0.3) is 0 Å². The van der Waals surface area contributed by atoms with Crippen LogP contribution in [0.2, 0.25) is 10.0 Å². The van der Waals surface area contributed by atoms with E-state index < -0.39 is 5.60 Å². The summed E-state index contributed by atoms with van der Waals surface area (Å²) in [5.74, 6) is -0.0350. The fourth-order valence-corrected chi connectivity index (χ4v) is 2.79. The van der Waals surface area contributed by atoms with E-state index >= 15 is 0 Å². The van der Waals surface area contributed by atoms with Gasteiger partial charge in [-0.25, -0.2) is 0 Å². The van der Waals surface area contributed by atoms with Crippen molar-refractivity contribution in [2.24, 2.45) is 0 Å². The van der Waals surface area contributed by atoms with Crippen molar-refractivity contribution < 1.29 is 14.3 Å². The lowest BCUT2D eigenvalue weighted by atomic mass is 10.1. The van der Waals surface area contributed by atoms with Crippen LogP contribution in [0, 0.1) is 0 Å². The fourth-order valence-electron chi connectivity index (χ4n) is 2.52. The number of hydrogen-bond donors (Lipinski definition) is 0. The number of halogens is 2. The van der Waals surface area contributed by atoms with Crippen molar-refractivity contribution in [1.29, 1.82) is 0 Å². The second-order valence-corrected chi connectivity index (χ2v) is 8.11. The minimum Gasteiger partial charge on any atom is -0.460 e. The summed E-state index contributed by atoms with van der Waals surface area (Å²) in [5.41, 5.74) is -0.437. The van der Waals surface area contributed by atoms with E-state index in [-0.39, 0.29) is 11.9 Å². The van der Waals surface area contributed by atoms with Gasteiger partial charge in [0.2, 0.25) is 5.91 Å². The van der Waals surface area contributed by atoms with Crippen LogP contribution in [0.15, 0.2) is 24.3 Å². The van der Waals surface area contributed by atoms with Gasteiger partial charge in [0.1, 0.15) is 5.60 Å². The van der Waals surface area contributed by atoms with Crippen LogP contribution >= 0.6 is 23.2 Å². The van der Waals surface area contributed by atoms with E-state index in [0.29, 0.717) is 29.3 Å². The molecule has 0 spiro atoms. The van der Waals surface area contributed by atoms with E-state index in [1.54, 1.807) is 12.1 Å². The molecule has 6 heteroatoms. The van der Waals surface area contributed by atoms with E-state index in [4.69, 9.17) is 27.9 Å². The van der Waals surface area contributed by atoms with E-state index in [9.17, 15) is 9.59 Å². The topological polar surface area (TPSA) is 46.6 Å². The second-order valence-electron chi connectivity index (χ2n) is 7.30. The highest BCUT2D eigenvalue weighted by Gasteiger charge is 2.18. The molecule has 1 fully saturated rings. The molecule has 0 radical (unpaired) electrons. The first-order valence-electron chi connectivity index (χ1n) is 9.08. The molecule has 1 saturated heterocycles. The fraction of sp³-hybridized carbons (Fsp3) is 0.600. The van der Waals surface area contributed by atoms with E-state index in [0.717, 1.165) is 25.9 Å². The molecular formula is C20H29Cl2NO3. The number of hydrogen-bond acceptors (Lipinski definition) is 3. The highest BCUT2D eigenvalue weighted by Crippen LogP contribution is 2.19. The molecule has 0 bridgehead atoms. The predicted octanol–water partition coefficient (Wildman–Crippen LogP) is 5.50. The Hall–Kier alpha value is -1.26. The Morgan fingerprint density at radius 1 is 1.00 bits per heavy atom. The first kappa shape index (κ1) is 22.8. The van der Waals surface area contributed by atoms with Gasteiger partial charge in [-0.05, 0) is 58.6 Å². The number of ether oxygens (including phenoxy) is 1. The third-order valence-corrected chi connectivity index (χ3v) is 4.48. The minimum atomic E-state index is -0.437. The van der Waals surface area contributed by atoms with Gasteiger partial charge in [-0.2, -0.15) is 0 Å². The zero-order chi connectivity index (χ0) is 19.6. The van der Waals surface area contributed by atoms with Gasteiger partial charge in [0.25, 0.3) is 0 Å². The molecule has 26 heavy (non-hydrogen) atoms. The zero-order valence-electron chi connectivity index (χ0n) is 15.9. The SMILES string of the molecule is CC(C)(C)OC(=O)CCCC(=O)N1CCCCC1.Clc1ccccc1Cl. The van der Waals surface area contributed by atoms with Gasteiger partial charge in [0.05, 0.1) is 10.0 Å². The maximum absolute atomic E-state index is 11.8. The third kappa shape index (κ3) is 10.0. The molecule has 1 heterocycles. The van der Waals surface area contributed by atoms with Crippen LogP contribution in [0.1, 0.15) is 59.3 Å². The van der Waals surface area contributed by atoms with Crippen LogP contribution in [0.3, 0.4) is 0 Å². The standard InChI is InChI=1S/C14H25NO3.C6H4Cl2/c1-14(2,3)18-13(17)9-7-8-12(16)15-10-5-4-6-11-15;7-5-3-1-2-4-6(5)8/h4-11H2,1-3H3;1-4H. The molecule has 1 aliphatic rings. The number of carbonyl (C=O) groups excluding carboxylic acids is 2. The number of carbonyl (C=O) groups is 2. The lowest BCUT2D eigenvalue weighted by molar-refractivity contribution is -0.154. The van der Waals surface area contributed by atoms with Gasteiger partial charge in [-0.1, -0.05) is 35.3 Å². The van der Waals surface area contributed by atoms with Crippen molar-refractivity contribution in [3.05, 3.63) is 34.3 Å². The first-order valence-corrected chi connectivity index (χ1v) is 9.84. The van der Waals surface area contributed by atoms with E-state index in [1.807, 2.05) is 37.8 Å². The lowest BCUT2D eigenvalue weighted by Crippen LogP contribution is -2.35. The second kappa shape index (κ2) is 11.5. The number of esters is 1. The van der Waals surface area contributed by atoms with Crippen LogP contribution in [-0.2, 0) is 14.3 Å². The summed E-state index contributed by atoms with van der Waals surface area (Å²) >= 11 is 11.2. The molecule has 0 unspecified atom stereocenters. The molecule has 1 aliphatic heterocycles. The zero-order valence-corrected chi connectivity index (χ0v) is 17.4. The molecule has 4 nitrogen and oxygen atoms in total. The highest BCUT2D eigenvalue weighted by atomic mass is 35.5. The summed E-state index contributed by atoms with van der Waals surface area (Å²) in [5, 5.41) is 1.21. The Labute approximate surface area is 166 Å². The largest absolute Gasteiger partial charge is 0.460 e. The summed E-state index contributed by atoms with van der Waals surface area (Å²) in [7, 11) is 0. The lowest BCUT2D eigenvalue weighted by Gasteiger charge is -2.26. The molecule has 0 N–H and O–H groups in total. The Bertz CT molecular complexity index is 558. The molecular weight excluding hydrogens is 373 g/mol. The number of likely N-dealkylation sites (tertiary alicyclic amines) is 1. The van der Waals surface area contributed by atoms with E-state index in [1.165, 1.54) is 6.42 Å². The monoisotopic (exact) mass is 401 g/mol. The average molecular weight is 402 g/mol. The molecule has 0 saturated carbocycles. The summed E-state index contributed by atoms with van der Waals surface area (Å²) in [6, 6.07) is 7.19. The number of amides is 1. The Kier molecular flexibility index (Phi) is 10.0. The van der Waals surface area contributed by atoms with E-state index in [2.05, 4.69) is 0 Å². The average Bonchev–Trinajstić information content (AvgIpc) is 2.57. The van der Waals surface area contributed by atoms with Crippen molar-refractivity contribution in [2.75, 3.05) is 13.1 Å². The summed E-state index contributed by atoms with van der Waals surface area (Å²) in [4.78, 5) is 25.2. The number of rotatable bonds is 4. The highest BCUT2D eigenvalue weighted by molar-refractivity contribution is 6.41. The molecule has 146 valence electrons. The molecule has 0 atom stereocenters. The van der Waals surface area contributed by atoms with Crippen molar-refractivity contribution in [1.82, 2.24) is 4.90 Å². The summed E-state index contributed by atoms with van der Waals surface area (Å²) in [6.45, 7) is 7.31. The summed E-state index contributed by atoms with van der Waals surface area (Å²) in [6.07, 6.45) is 4.82. The third-order valence-electron chi connectivity index (χ3n) is 3.72. The molecule has 2 rings (SSSR count). The molecule has 1 aromatic carbocycles. The Balaban J connectivity index is 0.000000350. The van der Waals surface area contributed by atoms with Crippen LogP contribution in [-0.4, -0.2) is 35.5 Å². The maximum Gasteiger partial charge on any atom is 0.306 e.